The quantitative estimate of drug-likeness (QED) is 0.776. The number of aromatic nitrogens is 1. The van der Waals surface area contributed by atoms with Gasteiger partial charge in [-0.1, -0.05) is 0 Å². The summed E-state index contributed by atoms with van der Waals surface area (Å²) < 4.78 is 5.03. The van der Waals surface area contributed by atoms with Crippen molar-refractivity contribution >= 4 is 5.91 Å². The third-order valence-corrected chi connectivity index (χ3v) is 4.16. The van der Waals surface area contributed by atoms with Crippen LogP contribution < -0.4 is 5.32 Å². The second kappa shape index (κ2) is 7.86. The summed E-state index contributed by atoms with van der Waals surface area (Å²) in [7, 11) is 1.61. The number of piperidine rings is 1. The van der Waals surface area contributed by atoms with Crippen LogP contribution in [0.15, 0.2) is 12.1 Å². The number of nitrogens with one attached hydrogen (secondary N) is 1. The standard InChI is InChI=1S/C17H27N3O3/c1-13-9-15(10-14(2)19-13)11-18-12-17(22)5-4-6-20(16(17)21)7-8-23-3/h9-10,18,22H,4-8,11-12H2,1-3H3. The molecule has 1 aromatic rings. The lowest BCUT2D eigenvalue weighted by Gasteiger charge is -2.38. The molecule has 1 amide bonds. The van der Waals surface area contributed by atoms with Gasteiger partial charge >= 0.3 is 0 Å². The molecule has 2 rings (SSSR count). The Morgan fingerprint density at radius 3 is 2.74 bits per heavy atom. The van der Waals surface area contributed by atoms with E-state index in [9.17, 15) is 9.90 Å². The van der Waals surface area contributed by atoms with Crippen LogP contribution in [0.4, 0.5) is 0 Å². The summed E-state index contributed by atoms with van der Waals surface area (Å²) in [5.41, 5.74) is 1.74. The molecule has 0 aliphatic carbocycles. The van der Waals surface area contributed by atoms with Gasteiger partial charge in [0.05, 0.1) is 6.61 Å². The molecule has 1 saturated heterocycles. The van der Waals surface area contributed by atoms with Gasteiger partial charge in [-0.3, -0.25) is 9.78 Å². The van der Waals surface area contributed by atoms with E-state index < -0.39 is 5.60 Å². The summed E-state index contributed by atoms with van der Waals surface area (Å²) >= 11 is 0. The number of rotatable bonds is 7. The molecule has 6 nitrogen and oxygen atoms in total. The van der Waals surface area contributed by atoms with E-state index in [2.05, 4.69) is 10.3 Å². The highest BCUT2D eigenvalue weighted by Crippen LogP contribution is 2.22. The lowest BCUT2D eigenvalue weighted by molar-refractivity contribution is -0.157. The monoisotopic (exact) mass is 321 g/mol. The fourth-order valence-corrected chi connectivity index (χ4v) is 3.08. The van der Waals surface area contributed by atoms with Gasteiger partial charge in [0.2, 0.25) is 0 Å². The summed E-state index contributed by atoms with van der Waals surface area (Å²) in [6.07, 6.45) is 1.30. The minimum Gasteiger partial charge on any atom is -0.383 e. The van der Waals surface area contributed by atoms with Crippen molar-refractivity contribution in [3.63, 3.8) is 0 Å². The number of carbonyl (C=O) groups is 1. The van der Waals surface area contributed by atoms with Crippen LogP contribution in [0, 0.1) is 13.8 Å². The van der Waals surface area contributed by atoms with Gasteiger partial charge in [0, 0.05) is 44.7 Å². The second-order valence-corrected chi connectivity index (χ2v) is 6.28. The average molecular weight is 321 g/mol. The van der Waals surface area contributed by atoms with Gasteiger partial charge in [0.1, 0.15) is 0 Å². The van der Waals surface area contributed by atoms with Crippen LogP contribution in [0.2, 0.25) is 0 Å². The summed E-state index contributed by atoms with van der Waals surface area (Å²) in [5, 5.41) is 13.9. The Morgan fingerprint density at radius 1 is 1.39 bits per heavy atom. The first-order chi connectivity index (χ1) is 10.9. The highest BCUT2D eigenvalue weighted by atomic mass is 16.5. The normalized spacial score (nSPS) is 21.7. The van der Waals surface area contributed by atoms with Gasteiger partial charge in [0.25, 0.3) is 5.91 Å². The van der Waals surface area contributed by atoms with Crippen molar-refractivity contribution in [2.75, 3.05) is 33.4 Å². The van der Waals surface area contributed by atoms with Crippen LogP contribution in [-0.2, 0) is 16.1 Å². The number of hydrogen-bond donors (Lipinski definition) is 2. The Hall–Kier alpha value is -1.50. The maximum Gasteiger partial charge on any atom is 0.255 e. The molecule has 128 valence electrons. The van der Waals surface area contributed by atoms with Crippen molar-refractivity contribution in [2.24, 2.45) is 0 Å². The first-order valence-electron chi connectivity index (χ1n) is 8.10. The van der Waals surface area contributed by atoms with E-state index in [1.54, 1.807) is 12.0 Å². The van der Waals surface area contributed by atoms with E-state index in [0.717, 1.165) is 23.4 Å². The maximum atomic E-state index is 12.5. The number of methoxy groups -OCH3 is 1. The lowest BCUT2D eigenvalue weighted by Crippen LogP contribution is -2.58. The Kier molecular flexibility index (Phi) is 6.10. The van der Waals surface area contributed by atoms with Gasteiger partial charge < -0.3 is 20.1 Å². The van der Waals surface area contributed by atoms with E-state index in [4.69, 9.17) is 4.74 Å². The Bertz CT molecular complexity index is 530. The number of aryl methyl sites for hydroxylation is 2. The van der Waals surface area contributed by atoms with Gasteiger partial charge in [0.15, 0.2) is 5.60 Å². The minimum absolute atomic E-state index is 0.199. The molecule has 0 aromatic carbocycles. The molecule has 1 aromatic heterocycles. The molecule has 2 N–H and O–H groups in total. The van der Waals surface area contributed by atoms with Crippen molar-refractivity contribution in [3.05, 3.63) is 29.1 Å². The zero-order chi connectivity index (χ0) is 16.9. The second-order valence-electron chi connectivity index (χ2n) is 6.28. The average Bonchev–Trinajstić information content (AvgIpc) is 2.48. The van der Waals surface area contributed by atoms with E-state index in [0.29, 0.717) is 32.7 Å². The van der Waals surface area contributed by atoms with Crippen LogP contribution in [0.1, 0.15) is 29.8 Å². The van der Waals surface area contributed by atoms with Crippen molar-refractivity contribution in [3.8, 4) is 0 Å². The SMILES string of the molecule is COCCN1CCCC(O)(CNCc2cc(C)nc(C)c2)C1=O. The van der Waals surface area contributed by atoms with Crippen molar-refractivity contribution in [1.82, 2.24) is 15.2 Å². The summed E-state index contributed by atoms with van der Waals surface area (Å²) in [4.78, 5) is 18.5. The number of aliphatic hydroxyl groups is 1. The molecular weight excluding hydrogens is 294 g/mol. The lowest BCUT2D eigenvalue weighted by atomic mass is 9.91. The molecule has 1 aliphatic rings. The van der Waals surface area contributed by atoms with Crippen LogP contribution in [0.3, 0.4) is 0 Å². The van der Waals surface area contributed by atoms with Crippen LogP contribution in [-0.4, -0.2) is 59.8 Å². The molecule has 2 heterocycles. The highest BCUT2D eigenvalue weighted by molar-refractivity contribution is 5.86. The van der Waals surface area contributed by atoms with Crippen molar-refractivity contribution in [1.29, 1.82) is 0 Å². The first kappa shape index (κ1) is 17.8. The van der Waals surface area contributed by atoms with E-state index in [1.807, 2.05) is 26.0 Å². The zero-order valence-electron chi connectivity index (χ0n) is 14.3. The van der Waals surface area contributed by atoms with Crippen LogP contribution in [0.5, 0.6) is 0 Å². The van der Waals surface area contributed by atoms with Gasteiger partial charge in [-0.15, -0.1) is 0 Å². The van der Waals surface area contributed by atoms with E-state index >= 15 is 0 Å². The number of hydrogen-bond acceptors (Lipinski definition) is 5. The fourth-order valence-electron chi connectivity index (χ4n) is 3.08. The Balaban J connectivity index is 1.91. The van der Waals surface area contributed by atoms with Crippen molar-refractivity contribution < 1.29 is 14.6 Å². The highest BCUT2D eigenvalue weighted by Gasteiger charge is 2.41. The number of nitrogens with zero attached hydrogens (tertiary/aromatic N) is 2. The van der Waals surface area contributed by atoms with Gasteiger partial charge in [-0.25, -0.2) is 0 Å². The Labute approximate surface area is 137 Å². The number of pyridine rings is 1. The third kappa shape index (κ3) is 4.73. The van der Waals surface area contributed by atoms with Crippen LogP contribution >= 0.6 is 0 Å². The summed E-state index contributed by atoms with van der Waals surface area (Å²) in [6, 6.07) is 4.02. The molecule has 1 atom stereocenters. The molecule has 0 saturated carbocycles. The summed E-state index contributed by atoms with van der Waals surface area (Å²) in [5.74, 6) is -0.199. The molecule has 1 aliphatic heterocycles. The fraction of sp³-hybridized carbons (Fsp3) is 0.647. The molecule has 1 unspecified atom stereocenters. The predicted octanol–water partition coefficient (Wildman–Crippen LogP) is 0.788. The summed E-state index contributed by atoms with van der Waals surface area (Å²) in [6.45, 7) is 6.50. The topological polar surface area (TPSA) is 74.7 Å². The van der Waals surface area contributed by atoms with Crippen LogP contribution in [0.25, 0.3) is 0 Å². The third-order valence-electron chi connectivity index (χ3n) is 4.16. The maximum absolute atomic E-state index is 12.5. The smallest absolute Gasteiger partial charge is 0.255 e. The zero-order valence-corrected chi connectivity index (χ0v) is 14.3. The Morgan fingerprint density at radius 2 is 2.09 bits per heavy atom. The van der Waals surface area contributed by atoms with Crippen molar-refractivity contribution in [2.45, 2.75) is 38.8 Å². The van der Waals surface area contributed by atoms with Gasteiger partial charge in [-0.2, -0.15) is 0 Å². The molecule has 0 radical (unpaired) electrons. The number of carbonyl (C=O) groups excluding carboxylic acids is 1. The predicted molar refractivity (Wildman–Crippen MR) is 88.1 cm³/mol. The molecule has 1 fully saturated rings. The molecule has 23 heavy (non-hydrogen) atoms. The number of likely N-dealkylation sites (tertiary alicyclic amines) is 1. The van der Waals surface area contributed by atoms with Gasteiger partial charge in [-0.05, 0) is 44.4 Å². The number of amides is 1. The van der Waals surface area contributed by atoms with E-state index in [1.165, 1.54) is 0 Å². The minimum atomic E-state index is -1.32. The number of ether oxygens (including phenoxy) is 1. The largest absolute Gasteiger partial charge is 0.383 e. The van der Waals surface area contributed by atoms with E-state index in [-0.39, 0.29) is 12.5 Å². The first-order valence-corrected chi connectivity index (χ1v) is 8.10. The molecule has 0 bridgehead atoms. The molecule has 6 heteroatoms. The molecule has 0 spiro atoms. The molecular formula is C17H27N3O3.